The Hall–Kier alpha value is -5.96. The van der Waals surface area contributed by atoms with Gasteiger partial charge in [0, 0.05) is 34.9 Å². The number of ether oxygens (including phenoxy) is 2. The lowest BCUT2D eigenvalue weighted by molar-refractivity contribution is 0.0698. The molecule has 10 rings (SSSR count). The first kappa shape index (κ1) is 30.8. The van der Waals surface area contributed by atoms with Crippen LogP contribution in [0.5, 0.6) is 5.75 Å². The summed E-state index contributed by atoms with van der Waals surface area (Å²) in [5.41, 5.74) is 16.5. The second kappa shape index (κ2) is 11.3. The van der Waals surface area contributed by atoms with Gasteiger partial charge in [-0.25, -0.2) is 0 Å². The van der Waals surface area contributed by atoms with Gasteiger partial charge in [0.05, 0.1) is 0 Å². The van der Waals surface area contributed by atoms with Crippen LogP contribution < -0.4 is 4.74 Å². The Bertz CT molecular complexity index is 2600. The topological polar surface area (TPSA) is 18.5 Å². The van der Waals surface area contributed by atoms with Crippen LogP contribution in [-0.2, 0) is 15.9 Å². The van der Waals surface area contributed by atoms with Crippen LogP contribution in [0.25, 0.3) is 44.2 Å². The lowest BCUT2D eigenvalue weighted by Crippen LogP contribution is -2.33. The maximum absolute atomic E-state index is 7.32. The van der Waals surface area contributed by atoms with E-state index in [1.54, 1.807) is 0 Å². The summed E-state index contributed by atoms with van der Waals surface area (Å²) in [6.07, 6.45) is 4.71. The van der Waals surface area contributed by atoms with Crippen molar-refractivity contribution in [1.82, 2.24) is 0 Å². The molecule has 2 aliphatic carbocycles. The number of benzene rings is 7. The molecule has 1 aliphatic heterocycles. The van der Waals surface area contributed by atoms with E-state index in [9.17, 15) is 0 Å². The molecule has 0 bridgehead atoms. The van der Waals surface area contributed by atoms with Gasteiger partial charge in [-0.1, -0.05) is 133 Å². The first-order valence-corrected chi connectivity index (χ1v) is 18.1. The van der Waals surface area contributed by atoms with Gasteiger partial charge < -0.3 is 9.47 Å². The van der Waals surface area contributed by atoms with Crippen LogP contribution in [-0.4, -0.2) is 7.11 Å². The molecule has 0 saturated carbocycles. The third-order valence-electron chi connectivity index (χ3n) is 11.9. The van der Waals surface area contributed by atoms with Crippen molar-refractivity contribution in [3.05, 3.63) is 208 Å². The molecule has 0 unspecified atom stereocenters. The van der Waals surface area contributed by atoms with Gasteiger partial charge in [0.25, 0.3) is 0 Å². The molecule has 1 heterocycles. The predicted octanol–water partition coefficient (Wildman–Crippen LogP) is 12.2. The van der Waals surface area contributed by atoms with Crippen LogP contribution in [0.4, 0.5) is 0 Å². The summed E-state index contributed by atoms with van der Waals surface area (Å²) in [5, 5.41) is 2.46. The lowest BCUT2D eigenvalue weighted by Gasteiger charge is -2.36. The van der Waals surface area contributed by atoms with E-state index in [0.717, 1.165) is 28.0 Å². The Morgan fingerprint density at radius 1 is 0.596 bits per heavy atom. The molecule has 0 radical (unpaired) electrons. The van der Waals surface area contributed by atoms with Crippen molar-refractivity contribution < 1.29 is 9.47 Å². The molecule has 7 aromatic rings. The SMILES string of the molecule is COC1(/C=C(\C)c2cccc(C3=CC4(Oc5ccc6c(C)c(C)ccc6c53)c3ccccc3-c3ccccc34)c2)c2ccccc2-c2ccccc21. The smallest absolute Gasteiger partial charge is 0.179 e. The fourth-order valence-electron chi connectivity index (χ4n) is 9.19. The first-order valence-electron chi connectivity index (χ1n) is 18.1. The van der Waals surface area contributed by atoms with Gasteiger partial charge in [-0.2, -0.15) is 0 Å². The van der Waals surface area contributed by atoms with Crippen molar-refractivity contribution >= 4 is 21.9 Å². The lowest BCUT2D eigenvalue weighted by atomic mass is 9.80. The molecule has 0 aromatic heterocycles. The number of allylic oxidation sites excluding steroid dienone is 1. The molecule has 7 aromatic carbocycles. The van der Waals surface area contributed by atoms with Crippen molar-refractivity contribution in [2.45, 2.75) is 32.0 Å². The molecular weight excluding hydrogens is 633 g/mol. The predicted molar refractivity (Wildman–Crippen MR) is 214 cm³/mol. The Kier molecular flexibility index (Phi) is 6.68. The number of methoxy groups -OCH3 is 1. The van der Waals surface area contributed by atoms with Gasteiger partial charge in [0.2, 0.25) is 0 Å². The normalized spacial score (nSPS) is 15.7. The Morgan fingerprint density at radius 2 is 1.15 bits per heavy atom. The van der Waals surface area contributed by atoms with E-state index in [2.05, 4.69) is 179 Å². The molecule has 0 amide bonds. The molecule has 2 nitrogen and oxygen atoms in total. The number of hydrogen-bond donors (Lipinski definition) is 0. The second-order valence-corrected chi connectivity index (χ2v) is 14.5. The summed E-state index contributed by atoms with van der Waals surface area (Å²) in [6.45, 7) is 6.62. The first-order chi connectivity index (χ1) is 25.4. The summed E-state index contributed by atoms with van der Waals surface area (Å²) < 4.78 is 13.9. The highest BCUT2D eigenvalue weighted by atomic mass is 16.5. The molecule has 1 spiro atoms. The molecular formula is C50H38O2. The Morgan fingerprint density at radius 3 is 1.77 bits per heavy atom. The van der Waals surface area contributed by atoms with Crippen LogP contribution in [0.15, 0.2) is 158 Å². The number of rotatable bonds is 4. The van der Waals surface area contributed by atoms with Crippen molar-refractivity contribution in [3.63, 3.8) is 0 Å². The maximum atomic E-state index is 7.32. The van der Waals surface area contributed by atoms with Crippen molar-refractivity contribution in [3.8, 4) is 28.0 Å². The minimum Gasteiger partial charge on any atom is -0.473 e. The van der Waals surface area contributed by atoms with Gasteiger partial charge in [-0.15, -0.1) is 0 Å². The largest absolute Gasteiger partial charge is 0.473 e. The van der Waals surface area contributed by atoms with Crippen molar-refractivity contribution in [2.75, 3.05) is 7.11 Å². The highest BCUT2D eigenvalue weighted by molar-refractivity contribution is 6.04. The third-order valence-corrected chi connectivity index (χ3v) is 11.9. The zero-order chi connectivity index (χ0) is 35.2. The van der Waals surface area contributed by atoms with Crippen molar-refractivity contribution in [2.24, 2.45) is 0 Å². The summed E-state index contributed by atoms with van der Waals surface area (Å²) in [4.78, 5) is 0. The summed E-state index contributed by atoms with van der Waals surface area (Å²) in [7, 11) is 1.83. The molecule has 2 heteroatoms. The van der Waals surface area contributed by atoms with E-state index in [4.69, 9.17) is 9.47 Å². The van der Waals surface area contributed by atoms with E-state index in [1.807, 2.05) is 7.11 Å². The molecule has 52 heavy (non-hydrogen) atoms. The van der Waals surface area contributed by atoms with E-state index in [-0.39, 0.29) is 0 Å². The van der Waals surface area contributed by atoms with Gasteiger partial charge in [-0.3, -0.25) is 0 Å². The minimum atomic E-state index is -0.763. The van der Waals surface area contributed by atoms with Crippen LogP contribution in [0.1, 0.15) is 57.0 Å². The quantitative estimate of drug-likeness (QED) is 0.186. The van der Waals surface area contributed by atoms with Gasteiger partial charge in [0.15, 0.2) is 5.60 Å². The molecule has 0 saturated heterocycles. The Labute approximate surface area is 305 Å². The van der Waals surface area contributed by atoms with E-state index in [1.165, 1.54) is 72.0 Å². The van der Waals surface area contributed by atoms with Gasteiger partial charge in [0.1, 0.15) is 11.4 Å². The summed E-state index contributed by atoms with van der Waals surface area (Å²) >= 11 is 0. The fraction of sp³-hybridized carbons (Fsp3) is 0.120. The number of hydrogen-bond acceptors (Lipinski definition) is 2. The van der Waals surface area contributed by atoms with Gasteiger partial charge >= 0.3 is 0 Å². The molecule has 250 valence electrons. The summed E-state index contributed by atoms with van der Waals surface area (Å²) in [5.74, 6) is 0.898. The number of fused-ring (bicyclic) bond motifs is 11. The standard InChI is InChI=1S/C50H38O2/c1-31-24-25-41-36(33(31)3)26-27-47-48(41)42(30-50(52-47)45-22-11-7-18-39(45)40-19-8-12-23-46(40)50)35-15-13-14-34(28-35)32(2)29-49(51-4)43-20-9-5-16-37(43)38-17-6-10-21-44(38)49/h5-30H,1-4H3/b32-29+. The zero-order valence-corrected chi connectivity index (χ0v) is 29.8. The minimum absolute atomic E-state index is 0.690. The maximum Gasteiger partial charge on any atom is 0.179 e. The second-order valence-electron chi connectivity index (χ2n) is 14.5. The van der Waals surface area contributed by atoms with Gasteiger partial charge in [-0.05, 0) is 111 Å². The molecule has 3 aliphatic rings. The highest BCUT2D eigenvalue weighted by Crippen LogP contribution is 2.56. The highest BCUT2D eigenvalue weighted by Gasteiger charge is 2.47. The van der Waals surface area contributed by atoms with E-state index < -0.39 is 11.2 Å². The number of aryl methyl sites for hydroxylation is 2. The average Bonchev–Trinajstić information content (AvgIpc) is 3.62. The van der Waals surface area contributed by atoms with E-state index >= 15 is 0 Å². The zero-order valence-electron chi connectivity index (χ0n) is 29.8. The third kappa shape index (κ3) is 4.16. The van der Waals surface area contributed by atoms with E-state index in [0.29, 0.717) is 0 Å². The van der Waals surface area contributed by atoms with Crippen LogP contribution in [0.3, 0.4) is 0 Å². The van der Waals surface area contributed by atoms with Crippen LogP contribution in [0.2, 0.25) is 0 Å². The Balaban J connectivity index is 1.20. The molecule has 0 atom stereocenters. The molecule has 0 N–H and O–H groups in total. The summed E-state index contributed by atoms with van der Waals surface area (Å²) in [6, 6.07) is 52.6. The van der Waals surface area contributed by atoms with Crippen LogP contribution in [0, 0.1) is 13.8 Å². The average molecular weight is 671 g/mol. The monoisotopic (exact) mass is 670 g/mol. The van der Waals surface area contributed by atoms with Crippen molar-refractivity contribution in [1.29, 1.82) is 0 Å². The fourth-order valence-corrected chi connectivity index (χ4v) is 9.19. The molecule has 0 fully saturated rings. The van der Waals surface area contributed by atoms with Crippen LogP contribution >= 0.6 is 0 Å².